The van der Waals surface area contributed by atoms with Gasteiger partial charge in [-0.15, -0.1) is 0 Å². The molecule has 0 fully saturated rings. The fourth-order valence-electron chi connectivity index (χ4n) is 1.94. The molecule has 0 amide bonds. The monoisotopic (exact) mass is 311 g/mol. The molecule has 2 rings (SSSR count). The predicted octanol–water partition coefficient (Wildman–Crippen LogP) is 2.82. The Morgan fingerprint density at radius 1 is 1.44 bits per heavy atom. The van der Waals surface area contributed by atoms with Gasteiger partial charge in [-0.05, 0) is 36.9 Å². The summed E-state index contributed by atoms with van der Waals surface area (Å²) in [5.41, 5.74) is 1.90. The molecule has 0 spiro atoms. The van der Waals surface area contributed by atoms with E-state index in [1.54, 1.807) is 10.7 Å². The number of nitrogens with one attached hydrogen (secondary N) is 1. The lowest BCUT2D eigenvalue weighted by atomic mass is 10.0. The van der Waals surface area contributed by atoms with Gasteiger partial charge >= 0.3 is 0 Å². The molecule has 1 atom stereocenters. The SMILES string of the molecule is CNC(Cc1ccn(C)n1)c1cc(F)cc(Br)c1. The number of halogens is 2. The summed E-state index contributed by atoms with van der Waals surface area (Å²) in [6, 6.07) is 6.95. The van der Waals surface area contributed by atoms with Crippen molar-refractivity contribution in [3.8, 4) is 0 Å². The first-order valence-corrected chi connectivity index (χ1v) is 6.49. The predicted molar refractivity (Wildman–Crippen MR) is 72.8 cm³/mol. The maximum absolute atomic E-state index is 13.4. The number of aryl methyl sites for hydroxylation is 1. The van der Waals surface area contributed by atoms with Crippen molar-refractivity contribution >= 4 is 15.9 Å². The minimum Gasteiger partial charge on any atom is -0.313 e. The first-order valence-electron chi connectivity index (χ1n) is 5.70. The van der Waals surface area contributed by atoms with E-state index in [4.69, 9.17) is 0 Å². The highest BCUT2D eigenvalue weighted by molar-refractivity contribution is 9.10. The molecule has 5 heteroatoms. The molecule has 0 aliphatic carbocycles. The van der Waals surface area contributed by atoms with Crippen LogP contribution in [0.2, 0.25) is 0 Å². The highest BCUT2D eigenvalue weighted by Crippen LogP contribution is 2.22. The first kappa shape index (κ1) is 13.2. The summed E-state index contributed by atoms with van der Waals surface area (Å²) in [6.45, 7) is 0. The van der Waals surface area contributed by atoms with E-state index in [9.17, 15) is 4.39 Å². The number of benzene rings is 1. The van der Waals surface area contributed by atoms with Gasteiger partial charge in [0.05, 0.1) is 5.69 Å². The van der Waals surface area contributed by atoms with Crippen molar-refractivity contribution in [3.63, 3.8) is 0 Å². The fourth-order valence-corrected chi connectivity index (χ4v) is 2.43. The van der Waals surface area contributed by atoms with Crippen LogP contribution in [-0.4, -0.2) is 16.8 Å². The smallest absolute Gasteiger partial charge is 0.124 e. The zero-order valence-corrected chi connectivity index (χ0v) is 11.9. The quantitative estimate of drug-likeness (QED) is 0.941. The van der Waals surface area contributed by atoms with Gasteiger partial charge in [-0.2, -0.15) is 5.10 Å². The Balaban J connectivity index is 2.22. The van der Waals surface area contributed by atoms with Gasteiger partial charge in [0.1, 0.15) is 5.82 Å². The summed E-state index contributed by atoms with van der Waals surface area (Å²) in [6.07, 6.45) is 2.64. The van der Waals surface area contributed by atoms with Crippen LogP contribution >= 0.6 is 15.9 Å². The summed E-state index contributed by atoms with van der Waals surface area (Å²) in [5.74, 6) is -0.236. The van der Waals surface area contributed by atoms with Crippen LogP contribution in [0.4, 0.5) is 4.39 Å². The second-order valence-electron chi connectivity index (χ2n) is 4.23. The summed E-state index contributed by atoms with van der Waals surface area (Å²) in [4.78, 5) is 0. The van der Waals surface area contributed by atoms with Crippen molar-refractivity contribution in [2.75, 3.05) is 7.05 Å². The number of hydrogen-bond acceptors (Lipinski definition) is 2. The second-order valence-corrected chi connectivity index (χ2v) is 5.14. The molecule has 0 aliphatic rings. The fraction of sp³-hybridized carbons (Fsp3) is 0.308. The van der Waals surface area contributed by atoms with Crippen LogP contribution in [0.15, 0.2) is 34.9 Å². The molecule has 0 aliphatic heterocycles. The maximum atomic E-state index is 13.4. The zero-order valence-electron chi connectivity index (χ0n) is 10.3. The van der Waals surface area contributed by atoms with Crippen molar-refractivity contribution in [1.82, 2.24) is 15.1 Å². The van der Waals surface area contributed by atoms with Gasteiger partial charge in [0.25, 0.3) is 0 Å². The number of rotatable bonds is 4. The van der Waals surface area contributed by atoms with Crippen LogP contribution in [0.5, 0.6) is 0 Å². The Morgan fingerprint density at radius 2 is 2.22 bits per heavy atom. The molecule has 1 aromatic carbocycles. The average Bonchev–Trinajstić information content (AvgIpc) is 2.70. The lowest BCUT2D eigenvalue weighted by Gasteiger charge is -2.16. The van der Waals surface area contributed by atoms with Crippen LogP contribution in [0.25, 0.3) is 0 Å². The van der Waals surface area contributed by atoms with Crippen LogP contribution in [0.3, 0.4) is 0 Å². The van der Waals surface area contributed by atoms with E-state index in [1.165, 1.54) is 6.07 Å². The molecular formula is C13H15BrFN3. The largest absolute Gasteiger partial charge is 0.313 e. The Labute approximate surface area is 114 Å². The van der Waals surface area contributed by atoms with Gasteiger partial charge in [0.15, 0.2) is 0 Å². The second kappa shape index (κ2) is 5.63. The van der Waals surface area contributed by atoms with Gasteiger partial charge in [-0.1, -0.05) is 15.9 Å². The third-order valence-electron chi connectivity index (χ3n) is 2.82. The lowest BCUT2D eigenvalue weighted by molar-refractivity contribution is 0.566. The van der Waals surface area contributed by atoms with Gasteiger partial charge in [0.2, 0.25) is 0 Å². The maximum Gasteiger partial charge on any atom is 0.124 e. The number of hydrogen-bond donors (Lipinski definition) is 1. The zero-order chi connectivity index (χ0) is 13.1. The number of likely N-dealkylation sites (N-methyl/N-ethyl adjacent to an activating group) is 1. The highest BCUT2D eigenvalue weighted by atomic mass is 79.9. The van der Waals surface area contributed by atoms with Crippen LogP contribution in [0, 0.1) is 5.82 Å². The molecule has 1 aromatic heterocycles. The molecule has 2 aromatic rings. The molecule has 96 valence electrons. The molecule has 0 saturated carbocycles. The minimum atomic E-state index is -0.236. The number of aromatic nitrogens is 2. The third kappa shape index (κ3) is 3.17. The Bertz CT molecular complexity index is 519. The van der Waals surface area contributed by atoms with Crippen molar-refractivity contribution in [1.29, 1.82) is 0 Å². The van der Waals surface area contributed by atoms with Crippen molar-refractivity contribution in [3.05, 3.63) is 52.0 Å². The van der Waals surface area contributed by atoms with Gasteiger partial charge < -0.3 is 5.32 Å². The Hall–Kier alpha value is -1.20. The van der Waals surface area contributed by atoms with Crippen molar-refractivity contribution < 1.29 is 4.39 Å². The van der Waals surface area contributed by atoms with E-state index >= 15 is 0 Å². The summed E-state index contributed by atoms with van der Waals surface area (Å²) in [7, 11) is 3.75. The Kier molecular flexibility index (Phi) is 4.14. The summed E-state index contributed by atoms with van der Waals surface area (Å²) < 4.78 is 15.9. The Morgan fingerprint density at radius 3 is 2.78 bits per heavy atom. The molecule has 1 N–H and O–H groups in total. The van der Waals surface area contributed by atoms with E-state index in [2.05, 4.69) is 26.3 Å². The van der Waals surface area contributed by atoms with Crippen LogP contribution in [0.1, 0.15) is 17.3 Å². The highest BCUT2D eigenvalue weighted by Gasteiger charge is 2.13. The minimum absolute atomic E-state index is 0.0481. The van der Waals surface area contributed by atoms with E-state index in [1.807, 2.05) is 32.4 Å². The van der Waals surface area contributed by atoms with Crippen LogP contribution < -0.4 is 5.32 Å². The molecule has 18 heavy (non-hydrogen) atoms. The summed E-state index contributed by atoms with van der Waals surface area (Å²) >= 11 is 3.31. The van der Waals surface area contributed by atoms with E-state index in [0.29, 0.717) is 0 Å². The molecule has 1 heterocycles. The van der Waals surface area contributed by atoms with Crippen LogP contribution in [-0.2, 0) is 13.5 Å². The van der Waals surface area contributed by atoms with E-state index in [0.717, 1.165) is 22.2 Å². The molecule has 3 nitrogen and oxygen atoms in total. The van der Waals surface area contributed by atoms with Gasteiger partial charge in [-0.25, -0.2) is 4.39 Å². The molecular weight excluding hydrogens is 297 g/mol. The third-order valence-corrected chi connectivity index (χ3v) is 3.28. The molecule has 0 radical (unpaired) electrons. The first-order chi connectivity index (χ1) is 8.58. The summed E-state index contributed by atoms with van der Waals surface area (Å²) in [5, 5.41) is 7.53. The molecule has 1 unspecified atom stereocenters. The average molecular weight is 312 g/mol. The van der Waals surface area contributed by atoms with Crippen molar-refractivity contribution in [2.45, 2.75) is 12.5 Å². The van der Waals surface area contributed by atoms with Gasteiger partial charge in [-0.3, -0.25) is 4.68 Å². The standard InChI is InChI=1S/C13H15BrFN3/c1-16-13(8-12-3-4-18(2)17-12)9-5-10(14)7-11(15)6-9/h3-7,13,16H,8H2,1-2H3. The molecule has 0 bridgehead atoms. The molecule has 0 saturated heterocycles. The topological polar surface area (TPSA) is 29.9 Å². The van der Waals surface area contributed by atoms with Gasteiger partial charge in [0, 0.05) is 30.2 Å². The normalized spacial score (nSPS) is 12.7. The van der Waals surface area contributed by atoms with E-state index in [-0.39, 0.29) is 11.9 Å². The lowest BCUT2D eigenvalue weighted by Crippen LogP contribution is -2.19. The van der Waals surface area contributed by atoms with Crippen molar-refractivity contribution in [2.24, 2.45) is 7.05 Å². The number of nitrogens with zero attached hydrogens (tertiary/aromatic N) is 2. The van der Waals surface area contributed by atoms with E-state index < -0.39 is 0 Å².